The van der Waals surface area contributed by atoms with E-state index in [0.717, 1.165) is 0 Å². The van der Waals surface area contributed by atoms with Gasteiger partial charge < -0.3 is 19.9 Å². The molecular formula is C15H17N3O5. The fraction of sp³-hybridized carbons (Fsp3) is 0.400. The van der Waals surface area contributed by atoms with E-state index in [1.54, 1.807) is 30.5 Å². The number of aliphatic hydroxyl groups excluding tert-OH is 1. The van der Waals surface area contributed by atoms with Crippen molar-refractivity contribution in [1.82, 2.24) is 4.98 Å². The molecule has 1 atom stereocenters. The first kappa shape index (κ1) is 15.6. The molecule has 8 heteroatoms. The molecule has 0 spiro atoms. The number of benzene rings is 1. The highest BCUT2D eigenvalue weighted by Crippen LogP contribution is 2.33. The van der Waals surface area contributed by atoms with Crippen molar-refractivity contribution in [2.45, 2.75) is 18.8 Å². The number of anilines is 1. The quantitative estimate of drug-likeness (QED) is 0.616. The van der Waals surface area contributed by atoms with Crippen molar-refractivity contribution >= 4 is 22.3 Å². The van der Waals surface area contributed by atoms with E-state index < -0.39 is 17.3 Å². The van der Waals surface area contributed by atoms with Crippen LogP contribution in [0.3, 0.4) is 0 Å². The molecule has 122 valence electrons. The second kappa shape index (κ2) is 6.86. The van der Waals surface area contributed by atoms with E-state index in [2.05, 4.69) is 10.3 Å². The third-order valence-electron chi connectivity index (χ3n) is 3.69. The third-order valence-corrected chi connectivity index (χ3v) is 3.69. The Labute approximate surface area is 132 Å². The molecule has 8 nitrogen and oxygen atoms in total. The lowest BCUT2D eigenvalue weighted by molar-refractivity contribution is -0.382. The summed E-state index contributed by atoms with van der Waals surface area (Å²) in [7, 11) is 0. The Bertz CT molecular complexity index is 703. The minimum atomic E-state index is -0.441. The largest absolute Gasteiger partial charge is 0.394 e. The van der Waals surface area contributed by atoms with Crippen LogP contribution in [0, 0.1) is 10.1 Å². The third kappa shape index (κ3) is 3.39. The molecule has 0 amide bonds. The summed E-state index contributed by atoms with van der Waals surface area (Å²) in [4.78, 5) is 15.2. The smallest absolute Gasteiger partial charge is 0.301 e. The lowest BCUT2D eigenvalue weighted by Gasteiger charge is -2.20. The predicted molar refractivity (Wildman–Crippen MR) is 83.2 cm³/mol. The molecule has 3 rings (SSSR count). The number of aliphatic hydroxyl groups is 1. The van der Waals surface area contributed by atoms with E-state index in [9.17, 15) is 15.2 Å². The molecule has 1 aromatic carbocycles. The van der Waals surface area contributed by atoms with Gasteiger partial charge in [0.2, 0.25) is 0 Å². The van der Waals surface area contributed by atoms with Gasteiger partial charge in [-0.2, -0.15) is 0 Å². The van der Waals surface area contributed by atoms with Gasteiger partial charge in [0, 0.05) is 12.6 Å². The number of ether oxygens (including phenoxy) is 2. The Balaban J connectivity index is 1.88. The average Bonchev–Trinajstić information content (AvgIpc) is 3.06. The number of nitrogens with one attached hydrogen (secondary N) is 1. The maximum absolute atomic E-state index is 11.5. The van der Waals surface area contributed by atoms with Gasteiger partial charge in [0.1, 0.15) is 5.69 Å². The highest BCUT2D eigenvalue weighted by Gasteiger charge is 2.24. The van der Waals surface area contributed by atoms with Crippen LogP contribution < -0.4 is 5.32 Å². The summed E-state index contributed by atoms with van der Waals surface area (Å²) >= 11 is 0. The first-order valence-electron chi connectivity index (χ1n) is 7.31. The number of pyridine rings is 1. The molecule has 23 heavy (non-hydrogen) atoms. The van der Waals surface area contributed by atoms with Crippen molar-refractivity contribution in [3.05, 3.63) is 40.6 Å². The van der Waals surface area contributed by atoms with Crippen LogP contribution in [0.4, 0.5) is 11.4 Å². The topological polar surface area (TPSA) is 107 Å². The van der Waals surface area contributed by atoms with E-state index in [-0.39, 0.29) is 12.3 Å². The van der Waals surface area contributed by atoms with E-state index in [1.165, 1.54) is 0 Å². The number of hydrogen-bond donors (Lipinski definition) is 2. The molecule has 0 aliphatic carbocycles. The molecule has 0 saturated carbocycles. The number of nitro benzene ring substituents is 1. The van der Waals surface area contributed by atoms with Gasteiger partial charge in [-0.1, -0.05) is 0 Å². The SMILES string of the molecule is O=[N+]([O-])c1c(NC(CO)CC2OCCO2)ccc2ncccc12. The molecule has 1 aliphatic rings. The summed E-state index contributed by atoms with van der Waals surface area (Å²) in [6.45, 7) is 0.848. The number of aromatic nitrogens is 1. The zero-order valence-electron chi connectivity index (χ0n) is 12.3. The highest BCUT2D eigenvalue weighted by atomic mass is 16.7. The van der Waals surface area contributed by atoms with Crippen molar-refractivity contribution in [2.75, 3.05) is 25.1 Å². The van der Waals surface area contributed by atoms with Gasteiger partial charge in [0.15, 0.2) is 6.29 Å². The predicted octanol–water partition coefficient (Wildman–Crippen LogP) is 1.68. The zero-order valence-corrected chi connectivity index (χ0v) is 12.3. The van der Waals surface area contributed by atoms with Crippen molar-refractivity contribution in [1.29, 1.82) is 0 Å². The van der Waals surface area contributed by atoms with Crippen molar-refractivity contribution in [3.8, 4) is 0 Å². The first-order valence-corrected chi connectivity index (χ1v) is 7.31. The molecule has 0 bridgehead atoms. The lowest BCUT2D eigenvalue weighted by atomic mass is 10.1. The van der Waals surface area contributed by atoms with Crippen LogP contribution >= 0.6 is 0 Å². The molecular weight excluding hydrogens is 302 g/mol. The summed E-state index contributed by atoms with van der Waals surface area (Å²) in [6, 6.07) is 6.21. The Morgan fingerprint density at radius 2 is 2.17 bits per heavy atom. The van der Waals surface area contributed by atoms with Crippen LogP contribution in [-0.4, -0.2) is 47.2 Å². The van der Waals surface area contributed by atoms with Crippen LogP contribution in [0.1, 0.15) is 6.42 Å². The normalized spacial score (nSPS) is 16.6. The molecule has 2 aromatic rings. The second-order valence-electron chi connectivity index (χ2n) is 5.22. The van der Waals surface area contributed by atoms with Gasteiger partial charge in [-0.05, 0) is 24.3 Å². The minimum absolute atomic E-state index is 0.0534. The van der Waals surface area contributed by atoms with Gasteiger partial charge in [0.25, 0.3) is 0 Å². The molecule has 1 aliphatic heterocycles. The number of rotatable bonds is 6. The molecule has 1 unspecified atom stereocenters. The zero-order chi connectivity index (χ0) is 16.2. The standard InChI is InChI=1S/C15H17N3O5/c19-9-10(8-14-22-6-7-23-14)17-13-4-3-12-11(2-1-5-16-12)15(13)18(20)21/h1-5,10,14,17,19H,6-9H2. The van der Waals surface area contributed by atoms with Crippen LogP contribution in [0.5, 0.6) is 0 Å². The van der Waals surface area contributed by atoms with Gasteiger partial charge in [0.05, 0.1) is 41.7 Å². The lowest BCUT2D eigenvalue weighted by Crippen LogP contribution is -2.29. The van der Waals surface area contributed by atoms with Crippen LogP contribution in [0.15, 0.2) is 30.5 Å². The molecule has 1 saturated heterocycles. The second-order valence-corrected chi connectivity index (χ2v) is 5.22. The number of fused-ring (bicyclic) bond motifs is 1. The van der Waals surface area contributed by atoms with Gasteiger partial charge in [-0.25, -0.2) is 0 Å². The summed E-state index contributed by atoms with van der Waals surface area (Å²) in [5.74, 6) is 0. The monoisotopic (exact) mass is 319 g/mol. The molecule has 0 radical (unpaired) electrons. The highest BCUT2D eigenvalue weighted by molar-refractivity contribution is 5.94. The molecule has 2 heterocycles. The number of nitrogens with zero attached hydrogens (tertiary/aromatic N) is 2. The molecule has 1 fully saturated rings. The first-order chi connectivity index (χ1) is 11.2. The van der Waals surface area contributed by atoms with Crippen molar-refractivity contribution in [2.24, 2.45) is 0 Å². The minimum Gasteiger partial charge on any atom is -0.394 e. The average molecular weight is 319 g/mol. The van der Waals surface area contributed by atoms with Crippen molar-refractivity contribution < 1.29 is 19.5 Å². The molecule has 1 aromatic heterocycles. The molecule has 2 N–H and O–H groups in total. The summed E-state index contributed by atoms with van der Waals surface area (Å²) in [5.41, 5.74) is 0.836. The number of hydrogen-bond acceptors (Lipinski definition) is 7. The fourth-order valence-corrected chi connectivity index (χ4v) is 2.62. The maximum Gasteiger partial charge on any atom is 0.301 e. The van der Waals surface area contributed by atoms with Crippen LogP contribution in [-0.2, 0) is 9.47 Å². The number of nitro groups is 1. The van der Waals surface area contributed by atoms with Crippen molar-refractivity contribution in [3.63, 3.8) is 0 Å². The Morgan fingerprint density at radius 3 is 2.87 bits per heavy atom. The summed E-state index contributed by atoms with van der Waals surface area (Å²) < 4.78 is 10.7. The van der Waals surface area contributed by atoms with Gasteiger partial charge >= 0.3 is 5.69 Å². The van der Waals surface area contributed by atoms with Crippen LogP contribution in [0.2, 0.25) is 0 Å². The van der Waals surface area contributed by atoms with Gasteiger partial charge in [-0.3, -0.25) is 15.1 Å². The van der Waals surface area contributed by atoms with E-state index in [4.69, 9.17) is 9.47 Å². The Hall–Kier alpha value is -2.29. The Kier molecular flexibility index (Phi) is 4.65. The maximum atomic E-state index is 11.5. The van der Waals surface area contributed by atoms with E-state index in [1.807, 2.05) is 0 Å². The van der Waals surface area contributed by atoms with Crippen LogP contribution in [0.25, 0.3) is 10.9 Å². The van der Waals surface area contributed by atoms with E-state index in [0.29, 0.717) is 36.2 Å². The summed E-state index contributed by atoms with van der Waals surface area (Å²) in [5, 5.41) is 24.5. The van der Waals surface area contributed by atoms with E-state index >= 15 is 0 Å². The van der Waals surface area contributed by atoms with Gasteiger partial charge in [-0.15, -0.1) is 0 Å². The Morgan fingerprint density at radius 1 is 1.39 bits per heavy atom. The fourth-order valence-electron chi connectivity index (χ4n) is 2.62. The summed E-state index contributed by atoms with van der Waals surface area (Å²) in [6.07, 6.45) is 1.59.